The average Bonchev–Trinajstić information content (AvgIpc) is 3.42. The molecule has 4 heterocycles. The van der Waals surface area contributed by atoms with E-state index in [0.717, 1.165) is 11.3 Å². The Morgan fingerprint density at radius 3 is 2.69 bits per heavy atom. The quantitative estimate of drug-likeness (QED) is 0.531. The number of piperidine rings is 1. The lowest BCUT2D eigenvalue weighted by atomic mass is 10.0. The number of likely N-dealkylation sites (tertiary alicyclic amines) is 1. The maximum atomic E-state index is 13.1. The zero-order valence-electron chi connectivity index (χ0n) is 20.4. The van der Waals surface area contributed by atoms with Crippen LogP contribution in [0, 0.1) is 13.8 Å². The Bertz CT molecular complexity index is 1200. The van der Waals surface area contributed by atoms with Gasteiger partial charge in [-0.1, -0.05) is 0 Å². The summed E-state index contributed by atoms with van der Waals surface area (Å²) in [6.07, 6.45) is 4.22. The summed E-state index contributed by atoms with van der Waals surface area (Å²) in [5, 5.41) is 7.49. The molecule has 0 saturated carbocycles. The highest BCUT2D eigenvalue weighted by molar-refractivity contribution is 7.12. The first-order chi connectivity index (χ1) is 16.9. The summed E-state index contributed by atoms with van der Waals surface area (Å²) in [7, 11) is 1.57. The second kappa shape index (κ2) is 11.0. The molecule has 1 aliphatic heterocycles. The van der Waals surface area contributed by atoms with Crippen molar-refractivity contribution in [3.63, 3.8) is 0 Å². The van der Waals surface area contributed by atoms with Gasteiger partial charge < -0.3 is 19.7 Å². The first-order valence-electron chi connectivity index (χ1n) is 11.6. The fourth-order valence-electron chi connectivity index (χ4n) is 4.18. The summed E-state index contributed by atoms with van der Waals surface area (Å²) < 4.78 is 12.0. The predicted molar refractivity (Wildman–Crippen MR) is 132 cm³/mol. The van der Waals surface area contributed by atoms with Crippen molar-refractivity contribution in [2.45, 2.75) is 46.3 Å². The molecule has 4 rings (SSSR count). The van der Waals surface area contributed by atoms with Gasteiger partial charge in [0.15, 0.2) is 0 Å². The van der Waals surface area contributed by atoms with Crippen molar-refractivity contribution in [1.29, 1.82) is 0 Å². The number of thiophene rings is 1. The number of aromatic nitrogens is 4. The van der Waals surface area contributed by atoms with Crippen molar-refractivity contribution in [1.82, 2.24) is 30.0 Å². The van der Waals surface area contributed by atoms with Crippen molar-refractivity contribution < 1.29 is 19.1 Å². The van der Waals surface area contributed by atoms with E-state index in [0.29, 0.717) is 49.7 Å². The van der Waals surface area contributed by atoms with E-state index in [1.807, 2.05) is 6.07 Å². The normalized spacial score (nSPS) is 14.2. The molecule has 0 atom stereocenters. The average molecular weight is 499 g/mol. The van der Waals surface area contributed by atoms with Crippen LogP contribution in [0.4, 0.5) is 4.79 Å². The lowest BCUT2D eigenvalue weighted by molar-refractivity contribution is 0.0856. The minimum absolute atomic E-state index is 0.0451. The van der Waals surface area contributed by atoms with E-state index < -0.39 is 0 Å². The van der Waals surface area contributed by atoms with Crippen LogP contribution in [0.15, 0.2) is 24.5 Å². The molecular formula is C24H30N6O4S. The second-order valence-corrected chi connectivity index (χ2v) is 9.81. The standard InChI is InChI=1S/C24H30N6O4S/c1-5-34-24(32)29-10-7-17(8-11-29)27-22(31)19-13-26-30(21(19)14-33-4)23-25-9-6-20(28-23)18-12-15(2)35-16(18)3/h6,9,12-13,17H,5,7-8,10-11,14H2,1-4H3,(H,27,31). The fourth-order valence-corrected chi connectivity index (χ4v) is 5.11. The van der Waals surface area contributed by atoms with Gasteiger partial charge in [-0.15, -0.1) is 11.3 Å². The third-order valence-corrected chi connectivity index (χ3v) is 6.87. The number of aryl methyl sites for hydroxylation is 2. The molecule has 1 saturated heterocycles. The molecule has 0 spiro atoms. The molecule has 0 radical (unpaired) electrons. The summed E-state index contributed by atoms with van der Waals surface area (Å²) >= 11 is 1.72. The Labute approximate surface area is 208 Å². The van der Waals surface area contributed by atoms with Gasteiger partial charge in [0.05, 0.1) is 36.4 Å². The van der Waals surface area contributed by atoms with Crippen molar-refractivity contribution >= 4 is 23.3 Å². The van der Waals surface area contributed by atoms with E-state index in [9.17, 15) is 9.59 Å². The van der Waals surface area contributed by atoms with Crippen LogP contribution in [-0.2, 0) is 16.1 Å². The minimum atomic E-state index is -0.309. The van der Waals surface area contributed by atoms with E-state index in [1.165, 1.54) is 16.0 Å². The summed E-state index contributed by atoms with van der Waals surface area (Å²) in [6.45, 7) is 7.52. The van der Waals surface area contributed by atoms with Crippen molar-refractivity contribution in [2.24, 2.45) is 0 Å². The number of methoxy groups -OCH3 is 1. The monoisotopic (exact) mass is 498 g/mol. The first kappa shape index (κ1) is 24.8. The molecule has 0 bridgehead atoms. The SMILES string of the molecule is CCOC(=O)N1CCC(NC(=O)c2cnn(-c3nccc(-c4cc(C)sc4C)n3)c2COC)CC1. The van der Waals surface area contributed by atoms with Gasteiger partial charge in [0, 0.05) is 47.8 Å². The Balaban J connectivity index is 1.52. The Hall–Kier alpha value is -3.31. The third kappa shape index (κ3) is 5.51. The maximum absolute atomic E-state index is 13.1. The Morgan fingerprint density at radius 2 is 2.03 bits per heavy atom. The van der Waals surface area contributed by atoms with E-state index in [4.69, 9.17) is 14.5 Å². The molecule has 2 amide bonds. The number of hydrogen-bond donors (Lipinski definition) is 1. The number of carbonyl (C=O) groups is 2. The highest BCUT2D eigenvalue weighted by Gasteiger charge is 2.27. The largest absolute Gasteiger partial charge is 0.450 e. The molecule has 0 aromatic carbocycles. The van der Waals surface area contributed by atoms with Crippen molar-refractivity contribution in [3.8, 4) is 17.2 Å². The predicted octanol–water partition coefficient (Wildman–Crippen LogP) is 3.50. The summed E-state index contributed by atoms with van der Waals surface area (Å²) in [5.41, 5.74) is 2.85. The molecule has 10 nitrogen and oxygen atoms in total. The van der Waals surface area contributed by atoms with Gasteiger partial charge in [0.2, 0.25) is 0 Å². The summed E-state index contributed by atoms with van der Waals surface area (Å²) in [5.74, 6) is 0.137. The number of carbonyl (C=O) groups excluding carboxylic acids is 2. The van der Waals surface area contributed by atoms with Crippen LogP contribution >= 0.6 is 11.3 Å². The molecule has 0 aliphatic carbocycles. The summed E-state index contributed by atoms with van der Waals surface area (Å²) in [4.78, 5) is 38.2. The molecule has 186 valence electrons. The van der Waals surface area contributed by atoms with Crippen LogP contribution in [0.2, 0.25) is 0 Å². The molecule has 1 fully saturated rings. The van der Waals surface area contributed by atoms with Gasteiger partial charge in [-0.05, 0) is 45.7 Å². The minimum Gasteiger partial charge on any atom is -0.450 e. The van der Waals surface area contributed by atoms with Crippen LogP contribution in [0.1, 0.15) is 45.6 Å². The molecule has 35 heavy (non-hydrogen) atoms. The van der Waals surface area contributed by atoms with E-state index in [2.05, 4.69) is 35.3 Å². The number of ether oxygens (including phenoxy) is 2. The number of rotatable bonds is 7. The number of nitrogens with zero attached hydrogens (tertiary/aromatic N) is 5. The van der Waals surface area contributed by atoms with E-state index in [-0.39, 0.29) is 24.6 Å². The van der Waals surface area contributed by atoms with Gasteiger partial charge >= 0.3 is 6.09 Å². The number of hydrogen-bond acceptors (Lipinski definition) is 8. The highest BCUT2D eigenvalue weighted by Crippen LogP contribution is 2.29. The third-order valence-electron chi connectivity index (χ3n) is 5.90. The highest BCUT2D eigenvalue weighted by atomic mass is 32.1. The second-order valence-electron chi connectivity index (χ2n) is 8.35. The smallest absolute Gasteiger partial charge is 0.409 e. The molecule has 1 aliphatic rings. The van der Waals surface area contributed by atoms with Crippen LogP contribution in [0.25, 0.3) is 17.2 Å². The van der Waals surface area contributed by atoms with Crippen LogP contribution in [0.5, 0.6) is 0 Å². The zero-order valence-corrected chi connectivity index (χ0v) is 21.2. The molecule has 3 aromatic heterocycles. The van der Waals surface area contributed by atoms with Crippen LogP contribution in [0.3, 0.4) is 0 Å². The van der Waals surface area contributed by atoms with E-state index in [1.54, 1.807) is 41.1 Å². The molecule has 11 heteroatoms. The Kier molecular flexibility index (Phi) is 7.76. The van der Waals surface area contributed by atoms with Gasteiger partial charge in [-0.3, -0.25) is 4.79 Å². The van der Waals surface area contributed by atoms with Crippen molar-refractivity contribution in [3.05, 3.63) is 45.5 Å². The fraction of sp³-hybridized carbons (Fsp3) is 0.458. The lowest BCUT2D eigenvalue weighted by Crippen LogP contribution is -2.46. The maximum Gasteiger partial charge on any atom is 0.409 e. The van der Waals surface area contributed by atoms with Crippen molar-refractivity contribution in [2.75, 3.05) is 26.8 Å². The van der Waals surface area contributed by atoms with E-state index >= 15 is 0 Å². The molecule has 3 aromatic rings. The summed E-state index contributed by atoms with van der Waals surface area (Å²) in [6, 6.07) is 3.93. The van der Waals surface area contributed by atoms with Gasteiger partial charge in [0.25, 0.3) is 11.9 Å². The zero-order chi connectivity index (χ0) is 24.9. The molecular weight excluding hydrogens is 468 g/mol. The van der Waals surface area contributed by atoms with Crippen LogP contribution < -0.4 is 5.32 Å². The Morgan fingerprint density at radius 1 is 1.26 bits per heavy atom. The topological polar surface area (TPSA) is 111 Å². The van der Waals surface area contributed by atoms with Crippen LogP contribution in [-0.4, -0.2) is 69.5 Å². The van der Waals surface area contributed by atoms with Gasteiger partial charge in [-0.25, -0.2) is 14.8 Å². The lowest BCUT2D eigenvalue weighted by Gasteiger charge is -2.31. The first-order valence-corrected chi connectivity index (χ1v) is 12.4. The number of amides is 2. The van der Waals surface area contributed by atoms with Gasteiger partial charge in [0.1, 0.15) is 0 Å². The van der Waals surface area contributed by atoms with Gasteiger partial charge in [-0.2, -0.15) is 9.78 Å². The molecule has 1 N–H and O–H groups in total. The number of nitrogens with one attached hydrogen (secondary N) is 1. The molecule has 0 unspecified atom stereocenters.